The molecule has 0 fully saturated rings. The molecule has 3 rings (SSSR count). The van der Waals surface area contributed by atoms with Crippen LogP contribution < -0.4 is 10.6 Å². The number of aryl methyl sites for hydroxylation is 1. The maximum Gasteiger partial charge on any atom is 0.338 e. The number of nitrogens with zero attached hydrogens (tertiary/aromatic N) is 3. The first-order chi connectivity index (χ1) is 13.5. The highest BCUT2D eigenvalue weighted by Crippen LogP contribution is 2.25. The second-order valence-corrected chi connectivity index (χ2v) is 6.47. The quantitative estimate of drug-likeness (QED) is 0.532. The molecule has 28 heavy (non-hydrogen) atoms. The van der Waals surface area contributed by atoms with Gasteiger partial charge in [0, 0.05) is 12.1 Å². The molecule has 148 valence electrons. The van der Waals surface area contributed by atoms with Gasteiger partial charge in [0.15, 0.2) is 5.82 Å². The molecule has 9 nitrogen and oxygen atoms in total. The number of carbonyl (C=O) groups is 3. The van der Waals surface area contributed by atoms with E-state index in [2.05, 4.69) is 20.7 Å². The molecule has 2 heterocycles. The Labute approximate surface area is 162 Å². The molecule has 9 heteroatoms. The van der Waals surface area contributed by atoms with Crippen molar-refractivity contribution in [3.8, 4) is 0 Å². The van der Waals surface area contributed by atoms with Crippen molar-refractivity contribution in [2.24, 2.45) is 0 Å². The molecule has 1 aliphatic heterocycles. The van der Waals surface area contributed by atoms with Crippen molar-refractivity contribution in [1.82, 2.24) is 14.8 Å². The van der Waals surface area contributed by atoms with Gasteiger partial charge in [-0.05, 0) is 30.7 Å². The number of rotatable bonds is 8. The van der Waals surface area contributed by atoms with E-state index < -0.39 is 6.04 Å². The number of amides is 2. The molecular formula is C19H23N5O4. The van der Waals surface area contributed by atoms with Crippen molar-refractivity contribution in [1.29, 1.82) is 0 Å². The first-order valence-corrected chi connectivity index (χ1v) is 9.35. The van der Waals surface area contributed by atoms with E-state index in [9.17, 15) is 14.4 Å². The van der Waals surface area contributed by atoms with Gasteiger partial charge >= 0.3 is 5.97 Å². The molecule has 2 N–H and O–H groups in total. The standard InChI is InChI=1S/C19H23N5O4/c1-3-5-10-28-18(27)12-6-8-13(9-7-12)20-16(25)11-14-17(26)22-19-21-15(4-2)23-24(14)19/h6-9,14H,3-5,10-11H2,1-2H3,(H,20,25)(H,21,22,23,26)/t14-/m1/s1. The minimum absolute atomic E-state index is 0.0633. The number of ether oxygens (including phenoxy) is 1. The van der Waals surface area contributed by atoms with Gasteiger partial charge in [0.25, 0.3) is 5.91 Å². The first kappa shape index (κ1) is 19.5. The van der Waals surface area contributed by atoms with Gasteiger partial charge in [0.2, 0.25) is 11.9 Å². The lowest BCUT2D eigenvalue weighted by molar-refractivity contribution is -0.123. The molecule has 1 aromatic heterocycles. The highest BCUT2D eigenvalue weighted by molar-refractivity contribution is 6.01. The highest BCUT2D eigenvalue weighted by Gasteiger charge is 2.34. The molecule has 0 aliphatic carbocycles. The molecule has 0 saturated heterocycles. The third-order valence-electron chi connectivity index (χ3n) is 4.34. The van der Waals surface area contributed by atoms with Crippen molar-refractivity contribution in [2.75, 3.05) is 17.2 Å². The SMILES string of the molecule is CCCCOC(=O)c1ccc(NC(=O)C[C@@H]2C(=O)Nc3nc(CC)nn32)cc1. The Morgan fingerprint density at radius 2 is 2.00 bits per heavy atom. The van der Waals surface area contributed by atoms with Crippen LogP contribution in [0.15, 0.2) is 24.3 Å². The monoisotopic (exact) mass is 385 g/mol. The van der Waals surface area contributed by atoms with Gasteiger partial charge in [-0.2, -0.15) is 10.1 Å². The summed E-state index contributed by atoms with van der Waals surface area (Å²) in [6, 6.07) is 5.71. The fraction of sp³-hybridized carbons (Fsp3) is 0.421. The average molecular weight is 385 g/mol. The van der Waals surface area contributed by atoms with Crippen LogP contribution >= 0.6 is 0 Å². The third-order valence-corrected chi connectivity index (χ3v) is 4.34. The number of benzene rings is 1. The Hall–Kier alpha value is -3.23. The minimum atomic E-state index is -0.726. The normalized spacial score (nSPS) is 15.1. The summed E-state index contributed by atoms with van der Waals surface area (Å²) in [7, 11) is 0. The summed E-state index contributed by atoms with van der Waals surface area (Å²) in [6.07, 6.45) is 2.35. The first-order valence-electron chi connectivity index (χ1n) is 9.35. The van der Waals surface area contributed by atoms with Crippen LogP contribution in [0.4, 0.5) is 11.6 Å². The summed E-state index contributed by atoms with van der Waals surface area (Å²) < 4.78 is 6.60. The number of unbranched alkanes of at least 4 members (excludes halogenated alkanes) is 1. The van der Waals surface area contributed by atoms with E-state index in [1.54, 1.807) is 24.3 Å². The van der Waals surface area contributed by atoms with Crippen LogP contribution in [0, 0.1) is 0 Å². The molecular weight excluding hydrogens is 362 g/mol. The fourth-order valence-electron chi connectivity index (χ4n) is 2.77. The number of aromatic nitrogens is 3. The molecule has 0 unspecified atom stereocenters. The largest absolute Gasteiger partial charge is 0.462 e. The second kappa shape index (κ2) is 8.64. The lowest BCUT2D eigenvalue weighted by Crippen LogP contribution is -2.24. The van der Waals surface area contributed by atoms with Gasteiger partial charge in [-0.1, -0.05) is 20.3 Å². The maximum absolute atomic E-state index is 12.3. The fourth-order valence-corrected chi connectivity index (χ4v) is 2.77. The number of fused-ring (bicyclic) bond motifs is 1. The van der Waals surface area contributed by atoms with Gasteiger partial charge in [0.05, 0.1) is 18.6 Å². The molecule has 0 radical (unpaired) electrons. The Bertz CT molecular complexity index is 875. The Morgan fingerprint density at radius 3 is 2.68 bits per heavy atom. The van der Waals surface area contributed by atoms with E-state index in [4.69, 9.17) is 4.74 Å². The summed E-state index contributed by atoms with van der Waals surface area (Å²) in [5.74, 6) is -0.0513. The number of nitrogens with one attached hydrogen (secondary N) is 2. The van der Waals surface area contributed by atoms with Crippen LogP contribution in [0.3, 0.4) is 0 Å². The van der Waals surface area contributed by atoms with E-state index in [1.165, 1.54) is 4.68 Å². The van der Waals surface area contributed by atoms with Gasteiger partial charge in [-0.3, -0.25) is 14.9 Å². The predicted octanol–water partition coefficient (Wildman–Crippen LogP) is 2.32. The van der Waals surface area contributed by atoms with Crippen LogP contribution in [-0.4, -0.2) is 39.2 Å². The zero-order chi connectivity index (χ0) is 20.1. The molecule has 0 bridgehead atoms. The van der Waals surface area contributed by atoms with E-state index in [0.717, 1.165) is 12.8 Å². The average Bonchev–Trinajstić information content (AvgIpc) is 3.20. The lowest BCUT2D eigenvalue weighted by atomic mass is 10.1. The Kier molecular flexibility index (Phi) is 6.03. The minimum Gasteiger partial charge on any atom is -0.462 e. The van der Waals surface area contributed by atoms with Crippen LogP contribution in [0.25, 0.3) is 0 Å². The summed E-state index contributed by atoms with van der Waals surface area (Å²) in [4.78, 5) is 40.5. The number of hydrogen-bond acceptors (Lipinski definition) is 6. The summed E-state index contributed by atoms with van der Waals surface area (Å²) in [5.41, 5.74) is 0.949. The van der Waals surface area contributed by atoms with Crippen LogP contribution in [-0.2, 0) is 20.7 Å². The smallest absolute Gasteiger partial charge is 0.338 e. The zero-order valence-corrected chi connectivity index (χ0v) is 15.9. The number of anilines is 2. The molecule has 0 saturated carbocycles. The number of hydrogen-bond donors (Lipinski definition) is 2. The molecule has 1 aliphatic rings. The van der Waals surface area contributed by atoms with Crippen molar-refractivity contribution >= 4 is 29.4 Å². The van der Waals surface area contributed by atoms with E-state index >= 15 is 0 Å². The highest BCUT2D eigenvalue weighted by atomic mass is 16.5. The van der Waals surface area contributed by atoms with E-state index in [-0.39, 0.29) is 24.2 Å². The second-order valence-electron chi connectivity index (χ2n) is 6.47. The van der Waals surface area contributed by atoms with Gasteiger partial charge in [-0.25, -0.2) is 9.48 Å². The zero-order valence-electron chi connectivity index (χ0n) is 15.9. The molecule has 0 spiro atoms. The van der Waals surface area contributed by atoms with E-state index in [0.29, 0.717) is 36.1 Å². The predicted molar refractivity (Wildman–Crippen MR) is 102 cm³/mol. The summed E-state index contributed by atoms with van der Waals surface area (Å²) in [6.45, 7) is 4.33. The molecule has 1 atom stereocenters. The summed E-state index contributed by atoms with van der Waals surface area (Å²) >= 11 is 0. The van der Waals surface area contributed by atoms with Crippen LogP contribution in [0.2, 0.25) is 0 Å². The Morgan fingerprint density at radius 1 is 1.25 bits per heavy atom. The lowest BCUT2D eigenvalue weighted by Gasteiger charge is -2.10. The van der Waals surface area contributed by atoms with Crippen molar-refractivity contribution < 1.29 is 19.1 Å². The molecule has 2 amide bonds. The van der Waals surface area contributed by atoms with Gasteiger partial charge < -0.3 is 10.1 Å². The number of carbonyl (C=O) groups excluding carboxylic acids is 3. The maximum atomic E-state index is 12.3. The Balaban J connectivity index is 1.57. The van der Waals surface area contributed by atoms with Crippen molar-refractivity contribution in [2.45, 2.75) is 45.6 Å². The van der Waals surface area contributed by atoms with Gasteiger partial charge in [-0.15, -0.1) is 0 Å². The van der Waals surface area contributed by atoms with Crippen molar-refractivity contribution in [3.63, 3.8) is 0 Å². The third kappa shape index (κ3) is 4.36. The molecule has 2 aromatic rings. The van der Waals surface area contributed by atoms with Crippen LogP contribution in [0.1, 0.15) is 55.3 Å². The van der Waals surface area contributed by atoms with E-state index in [1.807, 2.05) is 13.8 Å². The van der Waals surface area contributed by atoms with Crippen LogP contribution in [0.5, 0.6) is 0 Å². The topological polar surface area (TPSA) is 115 Å². The summed E-state index contributed by atoms with van der Waals surface area (Å²) in [5, 5.41) is 9.61. The van der Waals surface area contributed by atoms with Crippen molar-refractivity contribution in [3.05, 3.63) is 35.7 Å². The van der Waals surface area contributed by atoms with Gasteiger partial charge in [0.1, 0.15) is 6.04 Å². The number of esters is 1. The molecule has 1 aromatic carbocycles.